The third-order valence-corrected chi connectivity index (χ3v) is 4.08. The van der Waals surface area contributed by atoms with E-state index in [-0.39, 0.29) is 23.6 Å². The number of hydrogen-bond acceptors (Lipinski definition) is 4. The number of aliphatic hydroxyl groups excluding tert-OH is 1. The predicted molar refractivity (Wildman–Crippen MR) is 86.6 cm³/mol. The molecule has 26 heavy (non-hydrogen) atoms. The minimum Gasteiger partial charge on any atom is -0.511 e. The molecule has 1 aliphatic rings. The van der Waals surface area contributed by atoms with Gasteiger partial charge in [0.15, 0.2) is 23.1 Å². The van der Waals surface area contributed by atoms with Gasteiger partial charge in [0.05, 0.1) is 5.52 Å². The summed E-state index contributed by atoms with van der Waals surface area (Å²) in [6, 6.07) is 4.37. The molecule has 2 N–H and O–H groups in total. The molecule has 0 spiro atoms. The molecule has 0 atom stereocenters. The number of allylic oxidation sites excluding steroid dienone is 1. The number of anilines is 1. The first-order chi connectivity index (χ1) is 12.5. The van der Waals surface area contributed by atoms with Crippen molar-refractivity contribution in [3.05, 3.63) is 59.5 Å². The van der Waals surface area contributed by atoms with Gasteiger partial charge < -0.3 is 15.0 Å². The smallest absolute Gasteiger partial charge is 0.263 e. The Bertz CT molecular complexity index is 1070. The highest BCUT2D eigenvalue weighted by molar-refractivity contribution is 6.25. The lowest BCUT2D eigenvalue weighted by Crippen LogP contribution is -2.23. The van der Waals surface area contributed by atoms with E-state index in [2.05, 4.69) is 9.97 Å². The van der Waals surface area contributed by atoms with Crippen molar-refractivity contribution in [3.8, 4) is 0 Å². The Kier molecular flexibility index (Phi) is 3.64. The zero-order valence-corrected chi connectivity index (χ0v) is 13.1. The average Bonchev–Trinajstić information content (AvgIpc) is 2.96. The van der Waals surface area contributed by atoms with Gasteiger partial charge in [-0.25, -0.2) is 23.1 Å². The molecule has 0 bridgehead atoms. The van der Waals surface area contributed by atoms with Crippen LogP contribution in [0.3, 0.4) is 0 Å². The van der Waals surface area contributed by atoms with E-state index in [4.69, 9.17) is 0 Å². The maximum Gasteiger partial charge on any atom is 0.263 e. The van der Waals surface area contributed by atoms with E-state index in [0.29, 0.717) is 29.8 Å². The van der Waals surface area contributed by atoms with Crippen molar-refractivity contribution in [1.29, 1.82) is 0 Å². The number of hydrogen-bond donors (Lipinski definition) is 2. The molecule has 0 saturated heterocycles. The Morgan fingerprint density at radius 1 is 1.23 bits per heavy atom. The lowest BCUT2D eigenvalue weighted by molar-refractivity contribution is -0.111. The van der Waals surface area contributed by atoms with Crippen LogP contribution in [-0.4, -0.2) is 25.5 Å². The average molecular weight is 360 g/mol. The molecule has 0 fully saturated rings. The Hall–Kier alpha value is -3.36. The molecule has 3 heterocycles. The summed E-state index contributed by atoms with van der Waals surface area (Å²) in [5.74, 6) is -4.70. The van der Waals surface area contributed by atoms with Crippen molar-refractivity contribution in [1.82, 2.24) is 14.5 Å². The van der Waals surface area contributed by atoms with E-state index >= 15 is 0 Å². The Labute approximate surface area is 144 Å². The summed E-state index contributed by atoms with van der Waals surface area (Å²) in [5, 5.41) is 12.2. The van der Waals surface area contributed by atoms with Crippen LogP contribution < -0.4 is 5.32 Å². The number of aliphatic hydroxyl groups is 1. The van der Waals surface area contributed by atoms with Gasteiger partial charge in [-0.1, -0.05) is 0 Å². The van der Waals surface area contributed by atoms with Gasteiger partial charge in [0.2, 0.25) is 0 Å². The molecule has 132 valence electrons. The first-order valence-corrected chi connectivity index (χ1v) is 7.65. The first kappa shape index (κ1) is 16.1. The van der Waals surface area contributed by atoms with Gasteiger partial charge in [0, 0.05) is 31.3 Å². The number of nitrogens with one attached hydrogen (secondary N) is 1. The number of amides is 1. The second-order valence-electron chi connectivity index (χ2n) is 5.70. The highest BCUT2D eigenvalue weighted by atomic mass is 19.1. The van der Waals surface area contributed by atoms with E-state index in [1.54, 1.807) is 16.7 Å². The largest absolute Gasteiger partial charge is 0.511 e. The van der Waals surface area contributed by atoms with Crippen LogP contribution in [0.1, 0.15) is 12.2 Å². The van der Waals surface area contributed by atoms with Gasteiger partial charge in [-0.3, -0.25) is 4.79 Å². The van der Waals surface area contributed by atoms with Crippen molar-refractivity contribution in [2.45, 2.75) is 13.0 Å². The van der Waals surface area contributed by atoms with Crippen molar-refractivity contribution >= 4 is 28.3 Å². The fraction of sp³-hybridized carbons (Fsp3) is 0.118. The maximum atomic E-state index is 13.8. The van der Waals surface area contributed by atoms with Gasteiger partial charge in [-0.05, 0) is 12.1 Å². The molecule has 2 aromatic heterocycles. The van der Waals surface area contributed by atoms with Crippen LogP contribution in [0.2, 0.25) is 0 Å². The van der Waals surface area contributed by atoms with Crippen molar-refractivity contribution in [2.24, 2.45) is 0 Å². The number of rotatable bonds is 2. The maximum absolute atomic E-state index is 13.8. The third kappa shape index (κ3) is 2.48. The number of nitrogens with zero attached hydrogens (tertiary/aromatic N) is 3. The van der Waals surface area contributed by atoms with Crippen LogP contribution >= 0.6 is 0 Å². The predicted octanol–water partition coefficient (Wildman–Crippen LogP) is 3.16. The molecule has 4 rings (SSSR count). The number of benzene rings is 1. The minimum absolute atomic E-state index is 0.142. The monoisotopic (exact) mass is 360 g/mol. The molecule has 3 aromatic rings. The van der Waals surface area contributed by atoms with Gasteiger partial charge in [0.25, 0.3) is 5.91 Å². The Morgan fingerprint density at radius 2 is 1.96 bits per heavy atom. The molecule has 1 aromatic carbocycles. The quantitative estimate of drug-likeness (QED) is 0.736. The third-order valence-electron chi connectivity index (χ3n) is 4.08. The van der Waals surface area contributed by atoms with Crippen molar-refractivity contribution in [3.63, 3.8) is 0 Å². The summed E-state index contributed by atoms with van der Waals surface area (Å²) < 4.78 is 42.3. The number of carbonyl (C=O) groups is 1. The second kappa shape index (κ2) is 5.87. The van der Waals surface area contributed by atoms with Crippen molar-refractivity contribution < 1.29 is 23.1 Å². The van der Waals surface area contributed by atoms with Gasteiger partial charge in [-0.2, -0.15) is 0 Å². The summed E-state index contributed by atoms with van der Waals surface area (Å²) >= 11 is 0. The van der Waals surface area contributed by atoms with Gasteiger partial charge in [0.1, 0.15) is 22.8 Å². The highest BCUT2D eigenvalue weighted by Crippen LogP contribution is 2.30. The molecule has 9 heteroatoms. The number of halogens is 3. The number of fused-ring (bicyclic) bond motifs is 3. The second-order valence-corrected chi connectivity index (χ2v) is 5.70. The Morgan fingerprint density at radius 3 is 2.69 bits per heavy atom. The van der Waals surface area contributed by atoms with E-state index in [0.717, 1.165) is 0 Å². The summed E-state index contributed by atoms with van der Waals surface area (Å²) in [4.78, 5) is 20.9. The standard InChI is InChI=1S/C17H11F3N4O2/c18-8-6-9(19)14(10(20)7-8)22-17(26)13-12(25)3-5-24-11-2-1-4-21-15(11)23-16(13)24/h1-2,4,6-7,25H,3,5H2,(H,22,26). The van der Waals surface area contributed by atoms with Crippen LogP contribution in [0.4, 0.5) is 18.9 Å². The summed E-state index contributed by atoms with van der Waals surface area (Å²) in [6.45, 7) is 0.374. The van der Waals surface area contributed by atoms with Crippen LogP contribution in [-0.2, 0) is 11.3 Å². The number of aromatic nitrogens is 3. The van der Waals surface area contributed by atoms with E-state index in [1.807, 2.05) is 5.32 Å². The zero-order chi connectivity index (χ0) is 18.4. The van der Waals surface area contributed by atoms with Crippen molar-refractivity contribution in [2.75, 3.05) is 5.32 Å². The fourth-order valence-corrected chi connectivity index (χ4v) is 2.92. The minimum atomic E-state index is -1.26. The number of pyridine rings is 1. The first-order valence-electron chi connectivity index (χ1n) is 7.65. The molecule has 0 saturated carbocycles. The van der Waals surface area contributed by atoms with Crippen LogP contribution in [0.15, 0.2) is 36.2 Å². The molecule has 1 amide bonds. The van der Waals surface area contributed by atoms with E-state index in [1.165, 1.54) is 6.20 Å². The molecule has 0 radical (unpaired) electrons. The SMILES string of the molecule is O=C(Nc1c(F)cc(F)cc1F)C1=C(O)CCn2c1nc1ncccc12. The molecule has 0 aliphatic carbocycles. The molecular formula is C17H11F3N4O2. The number of aryl methyl sites for hydroxylation is 1. The molecular weight excluding hydrogens is 349 g/mol. The number of carbonyl (C=O) groups excluding carboxylic acids is 1. The van der Waals surface area contributed by atoms with Crippen LogP contribution in [0, 0.1) is 17.5 Å². The highest BCUT2D eigenvalue weighted by Gasteiger charge is 2.29. The van der Waals surface area contributed by atoms with E-state index < -0.39 is 29.0 Å². The lowest BCUT2D eigenvalue weighted by Gasteiger charge is -2.18. The van der Waals surface area contributed by atoms with Crippen LogP contribution in [0.5, 0.6) is 0 Å². The summed E-state index contributed by atoms with van der Waals surface area (Å²) in [6.07, 6.45) is 1.68. The fourth-order valence-electron chi connectivity index (χ4n) is 2.92. The molecule has 0 unspecified atom stereocenters. The van der Waals surface area contributed by atoms with Crippen LogP contribution in [0.25, 0.3) is 16.7 Å². The zero-order valence-electron chi connectivity index (χ0n) is 13.1. The van der Waals surface area contributed by atoms with E-state index in [9.17, 15) is 23.1 Å². The summed E-state index contributed by atoms with van der Waals surface area (Å²) in [5.41, 5.74) is 0.0292. The lowest BCUT2D eigenvalue weighted by atomic mass is 10.1. The summed E-state index contributed by atoms with van der Waals surface area (Å²) in [7, 11) is 0. The molecule has 6 nitrogen and oxygen atoms in total. The number of imidazole rings is 1. The normalized spacial score (nSPS) is 13.8. The topological polar surface area (TPSA) is 80.0 Å². The van der Waals surface area contributed by atoms with Gasteiger partial charge in [-0.15, -0.1) is 0 Å². The Balaban J connectivity index is 1.77. The van der Waals surface area contributed by atoms with Gasteiger partial charge >= 0.3 is 0 Å². The molecule has 1 aliphatic heterocycles.